The lowest BCUT2D eigenvalue weighted by atomic mass is 9.89. The van der Waals surface area contributed by atoms with Crippen LogP contribution in [-0.4, -0.2) is 65.8 Å². The van der Waals surface area contributed by atoms with Gasteiger partial charge in [-0.1, -0.05) is 29.8 Å². The summed E-state index contributed by atoms with van der Waals surface area (Å²) in [5, 5.41) is 17.4. The molecule has 2 aromatic carbocycles. The van der Waals surface area contributed by atoms with E-state index in [0.29, 0.717) is 18.6 Å². The Morgan fingerprint density at radius 3 is 2.31 bits per heavy atom. The Bertz CT molecular complexity index is 1380. The first-order valence-electron chi connectivity index (χ1n) is 13.6. The number of rotatable bonds is 8. The number of amides is 1. The summed E-state index contributed by atoms with van der Waals surface area (Å²) in [6, 6.07) is 9.45. The molecular weight excluding hydrogens is 589 g/mol. The molecule has 0 atom stereocenters. The number of ether oxygens (including phenoxy) is 2. The van der Waals surface area contributed by atoms with Crippen molar-refractivity contribution >= 4 is 52.6 Å². The number of hydrogen-bond acceptors (Lipinski definition) is 8. The van der Waals surface area contributed by atoms with Crippen LogP contribution in [0.4, 0.5) is 8.78 Å². The molecule has 42 heavy (non-hydrogen) atoms. The van der Waals surface area contributed by atoms with Gasteiger partial charge in [-0.15, -0.1) is 11.3 Å². The predicted molar refractivity (Wildman–Crippen MR) is 161 cm³/mol. The molecule has 1 fully saturated rings. The van der Waals surface area contributed by atoms with Crippen LogP contribution in [0.1, 0.15) is 61.7 Å². The van der Waals surface area contributed by atoms with E-state index in [-0.39, 0.29) is 57.0 Å². The van der Waals surface area contributed by atoms with Crippen molar-refractivity contribution in [3.05, 3.63) is 63.5 Å². The average molecular weight is 625 g/mol. The van der Waals surface area contributed by atoms with Gasteiger partial charge in [0.15, 0.2) is 0 Å². The smallest absolute Gasteiger partial charge is 0.432 e. The zero-order valence-electron chi connectivity index (χ0n) is 24.1. The number of nitrogens with zero attached hydrogens (tertiary/aromatic N) is 1. The number of methoxy groups -OCH3 is 1. The number of nitrogens with one attached hydrogen (secondary N) is 1. The summed E-state index contributed by atoms with van der Waals surface area (Å²) in [7, 11) is 0.820. The van der Waals surface area contributed by atoms with E-state index in [2.05, 4.69) is 5.32 Å². The van der Waals surface area contributed by atoms with Crippen molar-refractivity contribution in [3.8, 4) is 5.75 Å². The van der Waals surface area contributed by atoms with Crippen LogP contribution in [0.3, 0.4) is 0 Å². The maximum atomic E-state index is 14.5. The molecular formula is C29H36BClF2N2O6S. The molecule has 0 saturated heterocycles. The minimum Gasteiger partial charge on any atom is -0.496 e. The Kier molecular flexibility index (Phi) is 12.1. The second-order valence-electron chi connectivity index (χ2n) is 10.8. The van der Waals surface area contributed by atoms with Gasteiger partial charge in [0, 0.05) is 24.2 Å². The molecule has 1 aliphatic carbocycles. The lowest BCUT2D eigenvalue weighted by Crippen LogP contribution is -2.46. The van der Waals surface area contributed by atoms with Crippen molar-refractivity contribution in [3.63, 3.8) is 0 Å². The Morgan fingerprint density at radius 2 is 1.71 bits per heavy atom. The molecule has 1 saturated carbocycles. The summed E-state index contributed by atoms with van der Waals surface area (Å²) in [4.78, 5) is 27.9. The van der Waals surface area contributed by atoms with Crippen LogP contribution in [-0.2, 0) is 16.1 Å². The number of hydrogen-bond donors (Lipinski definition) is 3. The summed E-state index contributed by atoms with van der Waals surface area (Å²) in [6.45, 7) is 5.85. The Hall–Kier alpha value is -2.77. The van der Waals surface area contributed by atoms with Crippen molar-refractivity contribution < 1.29 is 37.9 Å². The molecule has 0 unspecified atom stereocenters. The highest BCUT2D eigenvalue weighted by Gasteiger charge is 2.33. The molecule has 0 radical (unpaired) electrons. The van der Waals surface area contributed by atoms with E-state index in [1.54, 1.807) is 12.0 Å². The molecule has 0 spiro atoms. The maximum Gasteiger partial charge on any atom is 0.432 e. The largest absolute Gasteiger partial charge is 0.496 e. The predicted octanol–water partition coefficient (Wildman–Crippen LogP) is 4.96. The molecule has 1 aliphatic rings. The van der Waals surface area contributed by atoms with E-state index >= 15 is 0 Å². The number of fused-ring (bicyclic) bond motifs is 1. The van der Waals surface area contributed by atoms with E-state index in [1.165, 1.54) is 0 Å². The van der Waals surface area contributed by atoms with E-state index in [9.17, 15) is 18.4 Å². The SMILES string of the molecule is COc1ccccc1CN(C(=O)c1sc2c(F)ccc(F)c2c1Cl)C1CCC(NCC(=O)OC(C)(C)C)CC1.OBO. The Labute approximate surface area is 253 Å². The highest BCUT2D eigenvalue weighted by Crippen LogP contribution is 2.40. The number of para-hydroxylation sites is 1. The van der Waals surface area contributed by atoms with Gasteiger partial charge in [0.2, 0.25) is 0 Å². The molecule has 13 heteroatoms. The quantitative estimate of drug-likeness (QED) is 0.240. The highest BCUT2D eigenvalue weighted by atomic mass is 35.5. The van der Waals surface area contributed by atoms with Crippen LogP contribution in [0.5, 0.6) is 5.75 Å². The number of benzene rings is 2. The third-order valence-electron chi connectivity index (χ3n) is 6.76. The number of thiophene rings is 1. The third-order valence-corrected chi connectivity index (χ3v) is 8.44. The summed E-state index contributed by atoms with van der Waals surface area (Å²) < 4.78 is 40.0. The Balaban J connectivity index is 0.00000155. The van der Waals surface area contributed by atoms with Crippen molar-refractivity contribution in [2.24, 2.45) is 0 Å². The van der Waals surface area contributed by atoms with Gasteiger partial charge in [-0.2, -0.15) is 0 Å². The molecule has 0 aliphatic heterocycles. The second-order valence-corrected chi connectivity index (χ2v) is 12.2. The third kappa shape index (κ3) is 8.64. The van der Waals surface area contributed by atoms with Gasteiger partial charge in [-0.25, -0.2) is 8.78 Å². The number of esters is 1. The van der Waals surface area contributed by atoms with Gasteiger partial charge in [-0.3, -0.25) is 9.59 Å². The summed E-state index contributed by atoms with van der Waals surface area (Å²) >= 11 is 7.36. The van der Waals surface area contributed by atoms with Gasteiger partial charge in [0.1, 0.15) is 27.9 Å². The van der Waals surface area contributed by atoms with Gasteiger partial charge >= 0.3 is 13.7 Å². The van der Waals surface area contributed by atoms with Gasteiger partial charge in [0.05, 0.1) is 28.8 Å². The first kappa shape index (κ1) is 33.7. The zero-order valence-corrected chi connectivity index (χ0v) is 25.7. The lowest BCUT2D eigenvalue weighted by Gasteiger charge is -2.37. The molecule has 228 valence electrons. The fourth-order valence-corrected chi connectivity index (χ4v) is 6.45. The van der Waals surface area contributed by atoms with E-state index < -0.39 is 24.9 Å². The average Bonchev–Trinajstić information content (AvgIpc) is 3.30. The van der Waals surface area contributed by atoms with Gasteiger partial charge in [0.25, 0.3) is 5.91 Å². The minimum absolute atomic E-state index is 0.0237. The van der Waals surface area contributed by atoms with Crippen LogP contribution in [0.2, 0.25) is 5.02 Å². The minimum atomic E-state index is -0.750. The number of carbonyl (C=O) groups excluding carboxylic acids is 2. The highest BCUT2D eigenvalue weighted by molar-refractivity contribution is 7.21. The molecule has 1 heterocycles. The van der Waals surface area contributed by atoms with E-state index in [1.807, 2.05) is 45.0 Å². The van der Waals surface area contributed by atoms with Crippen molar-refractivity contribution in [1.29, 1.82) is 0 Å². The fourth-order valence-electron chi connectivity index (χ4n) is 4.95. The second kappa shape index (κ2) is 15.1. The van der Waals surface area contributed by atoms with Crippen LogP contribution in [0, 0.1) is 11.6 Å². The van der Waals surface area contributed by atoms with E-state index in [0.717, 1.165) is 41.9 Å². The number of halogens is 3. The molecule has 3 aromatic rings. The van der Waals surface area contributed by atoms with Crippen LogP contribution < -0.4 is 10.1 Å². The van der Waals surface area contributed by atoms with Crippen molar-refractivity contribution in [1.82, 2.24) is 10.2 Å². The first-order valence-corrected chi connectivity index (χ1v) is 14.7. The van der Waals surface area contributed by atoms with Gasteiger partial charge < -0.3 is 29.7 Å². The fraction of sp³-hybridized carbons (Fsp3) is 0.448. The zero-order chi connectivity index (χ0) is 31.0. The molecule has 1 amide bonds. The normalized spacial score (nSPS) is 16.8. The van der Waals surface area contributed by atoms with Crippen molar-refractivity contribution in [2.75, 3.05) is 13.7 Å². The molecule has 8 nitrogen and oxygen atoms in total. The Morgan fingerprint density at radius 1 is 1.10 bits per heavy atom. The molecule has 4 rings (SSSR count). The topological polar surface area (TPSA) is 108 Å². The lowest BCUT2D eigenvalue weighted by molar-refractivity contribution is -0.153. The van der Waals surface area contributed by atoms with Crippen LogP contribution in [0.25, 0.3) is 10.1 Å². The summed E-state index contributed by atoms with van der Waals surface area (Å²) in [5.74, 6) is -1.33. The molecule has 1 aromatic heterocycles. The van der Waals surface area contributed by atoms with Gasteiger partial charge in [-0.05, 0) is 64.7 Å². The summed E-state index contributed by atoms with van der Waals surface area (Å²) in [5.41, 5.74) is 0.267. The monoisotopic (exact) mass is 624 g/mol. The van der Waals surface area contributed by atoms with Crippen molar-refractivity contribution in [2.45, 2.75) is 70.7 Å². The molecule has 3 N–H and O–H groups in total. The first-order chi connectivity index (χ1) is 19.9. The van der Waals surface area contributed by atoms with E-state index in [4.69, 9.17) is 31.1 Å². The number of carbonyl (C=O) groups is 2. The molecule has 0 bridgehead atoms. The van der Waals surface area contributed by atoms with Crippen LogP contribution in [0.15, 0.2) is 36.4 Å². The standard InChI is InChI=1S/C29H33ClF2N2O4S.BH3O2/c1-29(2,3)38-23(35)15-33-18-9-11-19(12-10-18)34(16-17-7-5-6-8-22(17)37-4)28(36)27-25(30)24-20(31)13-14-21(32)26(24)39-27;2-1-3/h5-8,13-14,18-19,33H,9-12,15-16H2,1-4H3;1-3H. The summed E-state index contributed by atoms with van der Waals surface area (Å²) in [6.07, 6.45) is 2.84. The van der Waals surface area contributed by atoms with Crippen LogP contribution >= 0.6 is 22.9 Å². The maximum absolute atomic E-state index is 14.5.